The zero-order chi connectivity index (χ0) is 26.1. The predicted octanol–water partition coefficient (Wildman–Crippen LogP) is 10.0. The Morgan fingerprint density at radius 2 is 1.03 bits per heavy atom. The highest BCUT2D eigenvalue weighted by molar-refractivity contribution is 5.70. The van der Waals surface area contributed by atoms with Crippen molar-refractivity contribution in [1.82, 2.24) is 4.98 Å². The number of hydrogen-bond acceptors (Lipinski definition) is 3. The topological polar surface area (TPSA) is 31.4 Å². The molecule has 0 aliphatic rings. The van der Waals surface area contributed by atoms with E-state index >= 15 is 0 Å². The van der Waals surface area contributed by atoms with Crippen LogP contribution in [0.15, 0.2) is 60.7 Å². The third-order valence-electron chi connectivity index (χ3n) is 6.72. The molecule has 0 radical (unpaired) electrons. The van der Waals surface area contributed by atoms with Crippen LogP contribution in [0.25, 0.3) is 22.3 Å². The molecule has 0 N–H and O–H groups in total. The summed E-state index contributed by atoms with van der Waals surface area (Å²) in [5, 5.41) is 0. The molecule has 0 amide bonds. The fourth-order valence-corrected chi connectivity index (χ4v) is 4.43. The third-order valence-corrected chi connectivity index (χ3v) is 6.72. The molecule has 37 heavy (non-hydrogen) atoms. The van der Waals surface area contributed by atoms with Crippen molar-refractivity contribution >= 4 is 0 Å². The molecule has 4 heteroatoms. The lowest BCUT2D eigenvalue weighted by atomic mass is 10.0. The van der Waals surface area contributed by atoms with Crippen molar-refractivity contribution < 1.29 is 13.9 Å². The summed E-state index contributed by atoms with van der Waals surface area (Å²) >= 11 is 0. The summed E-state index contributed by atoms with van der Waals surface area (Å²) in [4.78, 5) is 4.03. The SMILES string of the molecule is CCCCCCCCOc1ccc(-c2ccc(-c3ccc(OCCCCCCCC)nc3F)cc2)cc1. The Kier molecular flexibility index (Phi) is 13.0. The molecule has 0 bridgehead atoms. The Morgan fingerprint density at radius 1 is 0.541 bits per heavy atom. The van der Waals surface area contributed by atoms with Crippen molar-refractivity contribution in [2.24, 2.45) is 0 Å². The van der Waals surface area contributed by atoms with E-state index in [1.807, 2.05) is 36.4 Å². The summed E-state index contributed by atoms with van der Waals surface area (Å²) in [6.45, 7) is 5.80. The zero-order valence-electron chi connectivity index (χ0n) is 22.8. The molecule has 0 saturated carbocycles. The minimum atomic E-state index is -0.500. The smallest absolute Gasteiger partial charge is 0.224 e. The lowest BCUT2D eigenvalue weighted by molar-refractivity contribution is 0.289. The van der Waals surface area contributed by atoms with E-state index in [0.717, 1.165) is 48.3 Å². The third kappa shape index (κ3) is 10.2. The van der Waals surface area contributed by atoms with Crippen LogP contribution in [0.5, 0.6) is 11.6 Å². The van der Waals surface area contributed by atoms with Crippen molar-refractivity contribution in [2.45, 2.75) is 90.9 Å². The number of ether oxygens (including phenoxy) is 2. The Morgan fingerprint density at radius 3 is 1.59 bits per heavy atom. The highest BCUT2D eigenvalue weighted by atomic mass is 19.1. The molecule has 3 nitrogen and oxygen atoms in total. The van der Waals surface area contributed by atoms with Gasteiger partial charge in [0.15, 0.2) is 0 Å². The van der Waals surface area contributed by atoms with E-state index < -0.39 is 5.95 Å². The fourth-order valence-electron chi connectivity index (χ4n) is 4.43. The van der Waals surface area contributed by atoms with Gasteiger partial charge in [-0.2, -0.15) is 9.37 Å². The first-order valence-electron chi connectivity index (χ1n) is 14.3. The van der Waals surface area contributed by atoms with Gasteiger partial charge in [0.05, 0.1) is 13.2 Å². The number of pyridine rings is 1. The van der Waals surface area contributed by atoms with Crippen LogP contribution in [0, 0.1) is 5.95 Å². The van der Waals surface area contributed by atoms with Gasteiger partial charge < -0.3 is 9.47 Å². The largest absolute Gasteiger partial charge is 0.494 e. The summed E-state index contributed by atoms with van der Waals surface area (Å²) < 4.78 is 26.3. The second-order valence-electron chi connectivity index (χ2n) is 9.82. The predicted molar refractivity (Wildman–Crippen MR) is 153 cm³/mol. The molecule has 3 rings (SSSR count). The lowest BCUT2D eigenvalue weighted by Crippen LogP contribution is -2.01. The summed E-state index contributed by atoms with van der Waals surface area (Å²) in [5.41, 5.74) is 3.47. The first-order chi connectivity index (χ1) is 18.2. The van der Waals surface area contributed by atoms with Gasteiger partial charge in [0.2, 0.25) is 11.8 Å². The highest BCUT2D eigenvalue weighted by Crippen LogP contribution is 2.28. The van der Waals surface area contributed by atoms with Gasteiger partial charge in [0, 0.05) is 11.6 Å². The fraction of sp³-hybridized carbons (Fsp3) is 0.485. The van der Waals surface area contributed by atoms with E-state index in [1.165, 1.54) is 57.8 Å². The van der Waals surface area contributed by atoms with Crippen LogP contribution in [-0.2, 0) is 0 Å². The molecule has 1 aromatic heterocycles. The van der Waals surface area contributed by atoms with E-state index in [-0.39, 0.29) is 0 Å². The average molecular weight is 506 g/mol. The van der Waals surface area contributed by atoms with E-state index in [0.29, 0.717) is 18.1 Å². The lowest BCUT2D eigenvalue weighted by Gasteiger charge is -2.09. The number of hydrogen-bond donors (Lipinski definition) is 0. The van der Waals surface area contributed by atoms with Crippen LogP contribution >= 0.6 is 0 Å². The quantitative estimate of drug-likeness (QED) is 0.127. The number of rotatable bonds is 18. The van der Waals surface area contributed by atoms with Crippen molar-refractivity contribution in [3.8, 4) is 33.9 Å². The molecule has 0 unspecified atom stereocenters. The highest BCUT2D eigenvalue weighted by Gasteiger charge is 2.09. The van der Waals surface area contributed by atoms with Crippen molar-refractivity contribution in [3.63, 3.8) is 0 Å². The van der Waals surface area contributed by atoms with E-state index in [9.17, 15) is 4.39 Å². The van der Waals surface area contributed by atoms with Crippen LogP contribution in [0.2, 0.25) is 0 Å². The van der Waals surface area contributed by atoms with Gasteiger partial charge in [0.25, 0.3) is 0 Å². The molecule has 200 valence electrons. The van der Waals surface area contributed by atoms with Crippen LogP contribution < -0.4 is 9.47 Å². The van der Waals surface area contributed by atoms with Crippen molar-refractivity contribution in [3.05, 3.63) is 66.6 Å². The monoisotopic (exact) mass is 505 g/mol. The Hall–Kier alpha value is -2.88. The average Bonchev–Trinajstić information content (AvgIpc) is 2.93. The van der Waals surface area contributed by atoms with E-state index in [1.54, 1.807) is 12.1 Å². The van der Waals surface area contributed by atoms with Gasteiger partial charge in [-0.15, -0.1) is 0 Å². The van der Waals surface area contributed by atoms with Crippen molar-refractivity contribution in [2.75, 3.05) is 13.2 Å². The molecule has 0 atom stereocenters. The zero-order valence-corrected chi connectivity index (χ0v) is 22.8. The number of unbranched alkanes of at least 4 members (excludes halogenated alkanes) is 10. The first kappa shape index (κ1) is 28.7. The molecule has 0 fully saturated rings. The van der Waals surface area contributed by atoms with E-state index in [4.69, 9.17) is 9.47 Å². The van der Waals surface area contributed by atoms with Crippen LogP contribution in [0.4, 0.5) is 4.39 Å². The van der Waals surface area contributed by atoms with E-state index in [2.05, 4.69) is 31.0 Å². The second-order valence-corrected chi connectivity index (χ2v) is 9.82. The first-order valence-corrected chi connectivity index (χ1v) is 14.3. The molecule has 0 saturated heterocycles. The molecule has 2 aromatic carbocycles. The second kappa shape index (κ2) is 16.8. The Bertz CT molecular complexity index is 1020. The molecule has 1 heterocycles. The summed E-state index contributed by atoms with van der Waals surface area (Å²) in [5.74, 6) is 0.756. The van der Waals surface area contributed by atoms with Crippen LogP contribution in [0.3, 0.4) is 0 Å². The molecular weight excluding hydrogens is 461 g/mol. The van der Waals surface area contributed by atoms with Crippen LogP contribution in [0.1, 0.15) is 90.9 Å². The van der Waals surface area contributed by atoms with Gasteiger partial charge >= 0.3 is 0 Å². The van der Waals surface area contributed by atoms with Gasteiger partial charge in [0.1, 0.15) is 5.75 Å². The Labute approximate surface area is 223 Å². The van der Waals surface area contributed by atoms with Gasteiger partial charge in [-0.05, 0) is 47.7 Å². The maximum Gasteiger partial charge on any atom is 0.224 e. The number of halogens is 1. The van der Waals surface area contributed by atoms with Crippen molar-refractivity contribution in [1.29, 1.82) is 0 Å². The molecule has 3 aromatic rings. The normalized spacial score (nSPS) is 11.0. The number of nitrogens with zero attached hydrogens (tertiary/aromatic N) is 1. The van der Waals surface area contributed by atoms with Gasteiger partial charge in [-0.1, -0.05) is 114 Å². The summed E-state index contributed by atoms with van der Waals surface area (Å²) in [6, 6.07) is 19.6. The molecule has 0 spiro atoms. The minimum Gasteiger partial charge on any atom is -0.494 e. The number of benzene rings is 2. The maximum absolute atomic E-state index is 14.7. The summed E-state index contributed by atoms with van der Waals surface area (Å²) in [6.07, 6.45) is 14.7. The summed E-state index contributed by atoms with van der Waals surface area (Å²) in [7, 11) is 0. The molecule has 0 aliphatic carbocycles. The standard InChI is InChI=1S/C33H44FNO2/c1-3-5-7-9-11-13-25-36-30-21-19-28(20-22-30)27-15-17-29(18-16-27)31-23-24-32(35-33(31)34)37-26-14-12-10-8-6-4-2/h15-24H,3-14,25-26H2,1-2H3. The van der Waals surface area contributed by atoms with Crippen LogP contribution in [-0.4, -0.2) is 18.2 Å². The van der Waals surface area contributed by atoms with Gasteiger partial charge in [-0.25, -0.2) is 0 Å². The maximum atomic E-state index is 14.7. The molecular formula is C33H44FNO2. The van der Waals surface area contributed by atoms with Gasteiger partial charge in [-0.3, -0.25) is 0 Å². The number of aromatic nitrogens is 1. The molecule has 0 aliphatic heterocycles. The Balaban J connectivity index is 1.46. The minimum absolute atomic E-state index is 0.352.